The third-order valence-electron chi connectivity index (χ3n) is 2.90. The van der Waals surface area contributed by atoms with Crippen molar-refractivity contribution in [2.75, 3.05) is 6.61 Å². The number of hydrogen-bond donors (Lipinski definition) is 1. The lowest BCUT2D eigenvalue weighted by atomic mass is 10.0. The fourth-order valence-corrected chi connectivity index (χ4v) is 1.81. The van der Waals surface area contributed by atoms with Gasteiger partial charge in [0.25, 0.3) is 0 Å². The second kappa shape index (κ2) is 8.13. The average molecular weight is 235 g/mol. The second-order valence-corrected chi connectivity index (χ2v) is 4.52. The Balaban J connectivity index is 2.43. The molecule has 0 saturated heterocycles. The molecule has 0 radical (unpaired) electrons. The number of unbranched alkanes of at least 4 members (excludes halogenated alkanes) is 2. The first-order valence-corrected chi connectivity index (χ1v) is 6.76. The highest BCUT2D eigenvalue weighted by Gasteiger charge is 2.05. The Labute approximate surface area is 105 Å². The molecule has 2 N–H and O–H groups in total. The molecule has 17 heavy (non-hydrogen) atoms. The summed E-state index contributed by atoms with van der Waals surface area (Å²) in [5, 5.41) is 0. The Hall–Kier alpha value is -1.02. The van der Waals surface area contributed by atoms with E-state index in [1.54, 1.807) is 0 Å². The minimum absolute atomic E-state index is 0.168. The van der Waals surface area contributed by atoms with E-state index >= 15 is 0 Å². The lowest BCUT2D eigenvalue weighted by Gasteiger charge is -2.12. The van der Waals surface area contributed by atoms with Gasteiger partial charge in [-0.25, -0.2) is 0 Å². The van der Waals surface area contributed by atoms with Crippen LogP contribution in [0.3, 0.4) is 0 Å². The molecule has 1 unspecified atom stereocenters. The van der Waals surface area contributed by atoms with Gasteiger partial charge in [-0.2, -0.15) is 0 Å². The molecule has 0 aliphatic rings. The fraction of sp³-hybridized carbons (Fsp3) is 0.600. The van der Waals surface area contributed by atoms with Crippen molar-refractivity contribution in [3.63, 3.8) is 0 Å². The van der Waals surface area contributed by atoms with Gasteiger partial charge >= 0.3 is 0 Å². The predicted molar refractivity (Wildman–Crippen MR) is 73.3 cm³/mol. The van der Waals surface area contributed by atoms with Gasteiger partial charge < -0.3 is 10.5 Å². The summed E-state index contributed by atoms with van der Waals surface area (Å²) in [4.78, 5) is 0. The molecule has 96 valence electrons. The van der Waals surface area contributed by atoms with Crippen LogP contribution in [-0.2, 0) is 0 Å². The van der Waals surface area contributed by atoms with Gasteiger partial charge in [0.05, 0.1) is 6.61 Å². The molecule has 1 aromatic carbocycles. The van der Waals surface area contributed by atoms with Gasteiger partial charge in [-0.1, -0.05) is 45.2 Å². The molecule has 0 aliphatic heterocycles. The van der Waals surface area contributed by atoms with Gasteiger partial charge in [0.15, 0.2) is 0 Å². The summed E-state index contributed by atoms with van der Waals surface area (Å²) in [6, 6.07) is 8.38. The van der Waals surface area contributed by atoms with Crippen LogP contribution in [0.5, 0.6) is 5.75 Å². The van der Waals surface area contributed by atoms with E-state index in [0.29, 0.717) is 0 Å². The van der Waals surface area contributed by atoms with Gasteiger partial charge in [-0.15, -0.1) is 0 Å². The maximum atomic E-state index is 6.15. The molecule has 1 rings (SSSR count). The van der Waals surface area contributed by atoms with Crippen molar-refractivity contribution >= 4 is 0 Å². The molecule has 0 heterocycles. The maximum Gasteiger partial charge on any atom is 0.119 e. The van der Waals surface area contributed by atoms with Crippen molar-refractivity contribution in [2.24, 2.45) is 5.73 Å². The quantitative estimate of drug-likeness (QED) is 0.690. The van der Waals surface area contributed by atoms with E-state index in [9.17, 15) is 0 Å². The third-order valence-corrected chi connectivity index (χ3v) is 2.90. The van der Waals surface area contributed by atoms with Gasteiger partial charge in [-0.05, 0) is 30.5 Å². The van der Waals surface area contributed by atoms with E-state index in [-0.39, 0.29) is 6.04 Å². The molecular weight excluding hydrogens is 210 g/mol. The molecule has 0 bridgehead atoms. The zero-order valence-corrected chi connectivity index (χ0v) is 11.1. The van der Waals surface area contributed by atoms with Crippen molar-refractivity contribution in [1.29, 1.82) is 0 Å². The van der Waals surface area contributed by atoms with E-state index in [2.05, 4.69) is 26.0 Å². The minimum Gasteiger partial charge on any atom is -0.494 e. The van der Waals surface area contributed by atoms with Gasteiger partial charge in [0.2, 0.25) is 0 Å². The highest BCUT2D eigenvalue weighted by atomic mass is 16.5. The fourth-order valence-electron chi connectivity index (χ4n) is 1.81. The van der Waals surface area contributed by atoms with Crippen molar-refractivity contribution in [2.45, 2.75) is 52.0 Å². The van der Waals surface area contributed by atoms with Crippen LogP contribution in [0.15, 0.2) is 24.3 Å². The van der Waals surface area contributed by atoms with Crippen LogP contribution in [0.2, 0.25) is 0 Å². The molecule has 0 aromatic heterocycles. The number of hydrogen-bond acceptors (Lipinski definition) is 2. The van der Waals surface area contributed by atoms with Gasteiger partial charge in [-0.3, -0.25) is 0 Å². The van der Waals surface area contributed by atoms with Crippen molar-refractivity contribution in [3.8, 4) is 5.75 Å². The maximum absolute atomic E-state index is 6.15. The van der Waals surface area contributed by atoms with Crippen molar-refractivity contribution < 1.29 is 4.74 Å². The van der Waals surface area contributed by atoms with Gasteiger partial charge in [0.1, 0.15) is 5.75 Å². The first-order chi connectivity index (χ1) is 8.27. The van der Waals surface area contributed by atoms with Crippen molar-refractivity contribution in [1.82, 2.24) is 0 Å². The summed E-state index contributed by atoms with van der Waals surface area (Å²) in [6.45, 7) is 5.10. The topological polar surface area (TPSA) is 35.2 Å². The van der Waals surface area contributed by atoms with Crippen LogP contribution < -0.4 is 10.5 Å². The van der Waals surface area contributed by atoms with E-state index < -0.39 is 0 Å². The van der Waals surface area contributed by atoms with Crippen LogP contribution in [0.25, 0.3) is 0 Å². The Morgan fingerprint density at radius 3 is 2.35 bits per heavy atom. The second-order valence-electron chi connectivity index (χ2n) is 4.52. The van der Waals surface area contributed by atoms with Crippen LogP contribution >= 0.6 is 0 Å². The Kier molecular flexibility index (Phi) is 6.71. The van der Waals surface area contributed by atoms with E-state index in [1.807, 2.05) is 12.1 Å². The minimum atomic E-state index is 0.168. The number of rotatable bonds is 8. The SMILES string of the molecule is CCCCCC(N)c1ccc(OCCC)cc1. The van der Waals surface area contributed by atoms with Crippen LogP contribution in [0.1, 0.15) is 57.6 Å². The summed E-state index contributed by atoms with van der Waals surface area (Å²) < 4.78 is 5.55. The zero-order chi connectivity index (χ0) is 12.5. The largest absolute Gasteiger partial charge is 0.494 e. The van der Waals surface area contributed by atoms with E-state index in [1.165, 1.54) is 24.8 Å². The molecule has 0 amide bonds. The summed E-state index contributed by atoms with van der Waals surface area (Å²) in [7, 11) is 0. The number of benzene rings is 1. The Bertz CT molecular complexity index is 294. The molecular formula is C15H25NO. The summed E-state index contributed by atoms with van der Waals surface area (Å²) >= 11 is 0. The summed E-state index contributed by atoms with van der Waals surface area (Å²) in [5.74, 6) is 0.941. The lowest BCUT2D eigenvalue weighted by molar-refractivity contribution is 0.317. The zero-order valence-electron chi connectivity index (χ0n) is 11.1. The Morgan fingerprint density at radius 1 is 1.06 bits per heavy atom. The smallest absolute Gasteiger partial charge is 0.119 e. The number of nitrogens with two attached hydrogens (primary N) is 1. The lowest BCUT2D eigenvalue weighted by Crippen LogP contribution is -2.10. The Morgan fingerprint density at radius 2 is 1.76 bits per heavy atom. The number of ether oxygens (including phenoxy) is 1. The molecule has 0 saturated carbocycles. The molecule has 1 atom stereocenters. The highest BCUT2D eigenvalue weighted by molar-refractivity contribution is 5.28. The molecule has 2 nitrogen and oxygen atoms in total. The predicted octanol–water partition coefficient (Wildman–Crippen LogP) is 4.06. The molecule has 2 heteroatoms. The van der Waals surface area contributed by atoms with Crippen LogP contribution in [0, 0.1) is 0 Å². The highest BCUT2D eigenvalue weighted by Crippen LogP contribution is 2.20. The average Bonchev–Trinajstić information content (AvgIpc) is 2.37. The summed E-state index contributed by atoms with van der Waals surface area (Å²) in [6.07, 6.45) is 5.84. The van der Waals surface area contributed by atoms with E-state index in [0.717, 1.165) is 25.2 Å². The monoisotopic (exact) mass is 235 g/mol. The van der Waals surface area contributed by atoms with Gasteiger partial charge in [0, 0.05) is 6.04 Å². The first kappa shape index (κ1) is 14.0. The van der Waals surface area contributed by atoms with Crippen LogP contribution in [-0.4, -0.2) is 6.61 Å². The molecule has 0 fully saturated rings. The molecule has 0 aliphatic carbocycles. The summed E-state index contributed by atoms with van der Waals surface area (Å²) in [5.41, 5.74) is 7.36. The normalized spacial score (nSPS) is 12.4. The standard InChI is InChI=1S/C15H25NO/c1-3-5-6-7-15(16)13-8-10-14(11-9-13)17-12-4-2/h8-11,15H,3-7,12,16H2,1-2H3. The van der Waals surface area contributed by atoms with Crippen LogP contribution in [0.4, 0.5) is 0 Å². The first-order valence-electron chi connectivity index (χ1n) is 6.76. The molecule has 1 aromatic rings. The van der Waals surface area contributed by atoms with E-state index in [4.69, 9.17) is 10.5 Å². The van der Waals surface area contributed by atoms with Crippen molar-refractivity contribution in [3.05, 3.63) is 29.8 Å². The third kappa shape index (κ3) is 5.22. The molecule has 0 spiro atoms.